The number of rotatable bonds is 13. The minimum atomic E-state index is -2.94. The summed E-state index contributed by atoms with van der Waals surface area (Å²) in [5.41, 5.74) is 7.82. The highest BCUT2D eigenvalue weighted by molar-refractivity contribution is 8.76. The highest BCUT2D eigenvalue weighted by atomic mass is 33.1. The lowest BCUT2D eigenvalue weighted by Crippen LogP contribution is -2.69. The summed E-state index contributed by atoms with van der Waals surface area (Å²) in [7, 11) is 3.02. The van der Waals surface area contributed by atoms with Crippen LogP contribution in [-0.4, -0.2) is 170 Å². The van der Waals surface area contributed by atoms with Crippen LogP contribution in [0.4, 0.5) is 0 Å². The third kappa shape index (κ3) is 12.5. The van der Waals surface area contributed by atoms with Gasteiger partial charge in [-0.1, -0.05) is 51.8 Å². The molecule has 6 rings (SSSR count). The summed E-state index contributed by atoms with van der Waals surface area (Å²) in [4.78, 5) is 33.7. The number of aliphatic hydroxyl groups is 7. The first-order valence-electron chi connectivity index (χ1n) is 22.4. The van der Waals surface area contributed by atoms with E-state index in [9.17, 15) is 50.4 Å². The monoisotopic (exact) mass is 954 g/mol. The molecule has 65 heavy (non-hydrogen) atoms. The number of aliphatic carboxylic acids is 1. The molecule has 0 aromatic carbocycles. The zero-order valence-electron chi connectivity index (χ0n) is 36.9. The molecule has 6 aliphatic rings. The van der Waals surface area contributed by atoms with E-state index in [1.807, 2.05) is 6.08 Å². The van der Waals surface area contributed by atoms with Crippen molar-refractivity contribution < 1.29 is 74.1 Å². The topological polar surface area (TPSA) is 296 Å². The maximum atomic E-state index is 14.7. The second-order valence-corrected chi connectivity index (χ2v) is 20.1. The highest BCUT2D eigenvalue weighted by Crippen LogP contribution is 2.43. The van der Waals surface area contributed by atoms with Crippen LogP contribution in [0.3, 0.4) is 0 Å². The van der Waals surface area contributed by atoms with Gasteiger partial charge in [0.15, 0.2) is 18.4 Å². The number of carbonyl (C=O) groups excluding carboxylic acids is 1. The number of allylic oxidation sites excluding steroid dienone is 2. The van der Waals surface area contributed by atoms with Crippen molar-refractivity contribution in [1.82, 2.24) is 10.2 Å². The van der Waals surface area contributed by atoms with Crippen LogP contribution in [0, 0.1) is 23.7 Å². The Hall–Kier alpha value is -3.19. The van der Waals surface area contributed by atoms with Crippen molar-refractivity contribution in [3.8, 4) is 0 Å². The van der Waals surface area contributed by atoms with E-state index in [1.165, 1.54) is 34.0 Å². The first kappa shape index (κ1) is 51.2. The van der Waals surface area contributed by atoms with Crippen LogP contribution in [0.2, 0.25) is 0 Å². The largest absolute Gasteiger partial charge is 0.478 e. The number of guanidine groups is 1. The third-order valence-electron chi connectivity index (χ3n) is 12.7. The van der Waals surface area contributed by atoms with Gasteiger partial charge in [-0.25, -0.2) is 9.59 Å². The molecule has 0 spiro atoms. The Morgan fingerprint density at radius 2 is 1.83 bits per heavy atom. The highest BCUT2D eigenvalue weighted by Gasteiger charge is 2.58. The summed E-state index contributed by atoms with van der Waals surface area (Å²) in [6, 6.07) is -0.524. The number of fused-ring (bicyclic) bond motifs is 4. The summed E-state index contributed by atoms with van der Waals surface area (Å²) in [5, 5.41) is 87.4. The molecule has 2 saturated carbocycles. The number of carboxylic acids is 1. The molecule has 21 heteroatoms. The summed E-state index contributed by atoms with van der Waals surface area (Å²) in [5.74, 6) is -6.12. The number of aliphatic imine (C=N–C) groups is 1. The summed E-state index contributed by atoms with van der Waals surface area (Å²) in [6.07, 6.45) is 4.71. The summed E-state index contributed by atoms with van der Waals surface area (Å²) >= 11 is 0. The van der Waals surface area contributed by atoms with E-state index in [1.54, 1.807) is 30.9 Å². The van der Waals surface area contributed by atoms with Gasteiger partial charge in [-0.3, -0.25) is 4.99 Å². The van der Waals surface area contributed by atoms with Gasteiger partial charge in [0.25, 0.3) is 0 Å². The Morgan fingerprint density at radius 1 is 1.08 bits per heavy atom. The molecular formula is C44H66N4O15S2. The fraction of sp³-hybridized carbons (Fsp3) is 0.705. The van der Waals surface area contributed by atoms with Gasteiger partial charge in [0.05, 0.1) is 54.4 Å². The lowest BCUT2D eigenvalue weighted by atomic mass is 9.80. The van der Waals surface area contributed by atoms with Crippen LogP contribution in [0.1, 0.15) is 65.2 Å². The molecule has 1 saturated heterocycles. The van der Waals surface area contributed by atoms with Crippen LogP contribution >= 0.6 is 21.6 Å². The van der Waals surface area contributed by atoms with Crippen molar-refractivity contribution in [2.45, 2.75) is 120 Å². The van der Waals surface area contributed by atoms with Crippen molar-refractivity contribution >= 4 is 39.5 Å². The van der Waals surface area contributed by atoms with Gasteiger partial charge in [-0.15, -0.1) is 0 Å². The smallest absolute Gasteiger partial charge is 0.339 e. The Kier molecular flexibility index (Phi) is 18.7. The molecule has 4 aliphatic heterocycles. The molecule has 2 aliphatic carbocycles. The van der Waals surface area contributed by atoms with Gasteiger partial charge < -0.3 is 80.5 Å². The van der Waals surface area contributed by atoms with Gasteiger partial charge in [-0.2, -0.15) is 0 Å². The number of nitrogens with two attached hydrogens (primary N) is 1. The minimum absolute atomic E-state index is 0.0877. The Labute approximate surface area is 386 Å². The molecule has 11 unspecified atom stereocenters. The predicted octanol–water partition coefficient (Wildman–Crippen LogP) is 0.986. The van der Waals surface area contributed by atoms with E-state index < -0.39 is 85.3 Å². The summed E-state index contributed by atoms with van der Waals surface area (Å²) < 4.78 is 31.0. The summed E-state index contributed by atoms with van der Waals surface area (Å²) in [6.45, 7) is 2.26. The molecular weight excluding hydrogens is 889 g/mol. The van der Waals surface area contributed by atoms with Crippen LogP contribution < -0.4 is 11.1 Å². The van der Waals surface area contributed by atoms with Crippen LogP contribution in [0.25, 0.3) is 0 Å². The second-order valence-electron chi connectivity index (χ2n) is 17.5. The number of nitrogens with one attached hydrogen (secondary N) is 1. The number of ether oxygens (including phenoxy) is 5. The van der Waals surface area contributed by atoms with Crippen LogP contribution in [0.15, 0.2) is 63.7 Å². The van der Waals surface area contributed by atoms with E-state index in [2.05, 4.69) is 10.3 Å². The molecule has 19 nitrogen and oxygen atoms in total. The van der Waals surface area contributed by atoms with Crippen molar-refractivity contribution in [2.75, 3.05) is 51.0 Å². The molecule has 0 aromatic rings. The molecule has 0 amide bonds. The van der Waals surface area contributed by atoms with Gasteiger partial charge in [0.2, 0.25) is 12.1 Å². The first-order valence-corrected chi connectivity index (χ1v) is 24.9. The third-order valence-corrected chi connectivity index (χ3v) is 15.2. The van der Waals surface area contributed by atoms with Crippen molar-refractivity contribution in [1.29, 1.82) is 0 Å². The second kappa shape index (κ2) is 23.7. The number of hydrogen-bond acceptors (Lipinski definition) is 18. The fourth-order valence-corrected chi connectivity index (χ4v) is 12.0. The first-order chi connectivity index (χ1) is 31.2. The maximum absolute atomic E-state index is 14.7. The fourth-order valence-electron chi connectivity index (χ4n) is 9.15. The van der Waals surface area contributed by atoms with E-state index in [4.69, 9.17) is 29.4 Å². The number of hydrogen-bond donors (Lipinski definition) is 10. The average Bonchev–Trinajstić information content (AvgIpc) is 3.67. The number of carboxylic acid groups (broad SMARTS) is 1. The minimum Gasteiger partial charge on any atom is -0.478 e. The van der Waals surface area contributed by atoms with E-state index in [-0.39, 0.29) is 67.5 Å². The van der Waals surface area contributed by atoms with E-state index in [0.717, 1.165) is 37.7 Å². The maximum Gasteiger partial charge on any atom is 0.339 e. The zero-order chi connectivity index (χ0) is 46.8. The van der Waals surface area contributed by atoms with E-state index in [0.29, 0.717) is 36.3 Å². The lowest BCUT2D eigenvalue weighted by Gasteiger charge is -2.48. The van der Waals surface area contributed by atoms with E-state index >= 15 is 0 Å². The van der Waals surface area contributed by atoms with Gasteiger partial charge in [-0.05, 0) is 70.3 Å². The van der Waals surface area contributed by atoms with Gasteiger partial charge in [0, 0.05) is 55.8 Å². The average molecular weight is 955 g/mol. The number of aliphatic hydroxyl groups excluding tert-OH is 5. The number of nitrogens with zero attached hydrogens (tertiary/aromatic N) is 2. The molecule has 11 atom stereocenters. The van der Waals surface area contributed by atoms with Crippen molar-refractivity contribution in [3.05, 3.63) is 58.7 Å². The Bertz CT molecular complexity index is 1830. The lowest BCUT2D eigenvalue weighted by molar-refractivity contribution is -0.413. The zero-order valence-corrected chi connectivity index (χ0v) is 38.5. The SMILES string of the molecule is CC(C)OC1C(OC2OC=C3C(=O)OC4CCC(CO)C4CSSCC(CO)N4C=C(C(=O)O)C(NC(N)=NCCCO)=C(C=CC3C2C=C2CCCCC2)C4)OC(CO)C(O)C1(O)O. The molecule has 3 fully saturated rings. The molecule has 4 heterocycles. The number of carbonyl (C=O) groups is 2. The van der Waals surface area contributed by atoms with Crippen molar-refractivity contribution in [3.63, 3.8) is 0 Å². The van der Waals surface area contributed by atoms with Gasteiger partial charge >= 0.3 is 11.9 Å². The number of esters is 1. The predicted molar refractivity (Wildman–Crippen MR) is 240 cm³/mol. The van der Waals surface area contributed by atoms with Gasteiger partial charge in [0.1, 0.15) is 18.3 Å². The normalized spacial score (nSPS) is 33.7. The molecule has 0 aromatic heterocycles. The van der Waals surface area contributed by atoms with Crippen LogP contribution in [0.5, 0.6) is 0 Å². The molecule has 364 valence electrons. The standard InChI is InChI=1S/C44H66N4O15S2/c1-24(2)60-38-42(62-35(20-52)37(53)44(38,57)58)63-41-30(15-25-7-4-3-5-8-25)29-11-9-26-16-48(17-31(39(54)55)36(26)47-43(45)46-13-6-14-49)28(19-51)22-64-65-23-33-27(18-50)10-12-34(33)61-40(56)32(29)21-59-41/h9,11,15,17,21,24,27-30,33-35,37-38,41-42,49-53,57-58H,3-8,10,12-14,16,18-20,22-23H2,1-2H3,(H,54,55)(H3,45,46,47). The van der Waals surface area contributed by atoms with Crippen LogP contribution in [-0.2, 0) is 33.3 Å². The quantitative estimate of drug-likeness (QED) is 0.0234. The Balaban J connectivity index is 1.51. The molecule has 11 N–H and O–H groups in total. The van der Waals surface area contributed by atoms with Crippen molar-refractivity contribution in [2.24, 2.45) is 34.4 Å². The molecule has 2 bridgehead atoms. The molecule has 0 radical (unpaired) electrons. The Morgan fingerprint density at radius 3 is 2.51 bits per heavy atom.